The van der Waals surface area contributed by atoms with Crippen LogP contribution in [-0.2, 0) is 4.79 Å². The summed E-state index contributed by atoms with van der Waals surface area (Å²) < 4.78 is 14.5. The summed E-state index contributed by atoms with van der Waals surface area (Å²) in [6.45, 7) is 0. The molecule has 146 valence electrons. The van der Waals surface area contributed by atoms with E-state index >= 15 is 0 Å². The van der Waals surface area contributed by atoms with Gasteiger partial charge in [-0.3, -0.25) is 35.1 Å². The number of aromatic nitrogens is 2. The standard InChI is InChI=1S/C19H14FN5O4/c20-14-6-8-15(9-7-14)24-12-21-11-17(24)19(27)23-22-18(26)10-5-13-3-1-2-4-16(13)25(28)29/h1-12H,(H,22,26)(H,23,27)/b10-5+. The lowest BCUT2D eigenvalue weighted by Crippen LogP contribution is -2.41. The Bertz CT molecular complexity index is 1090. The molecule has 0 spiro atoms. The molecule has 1 aromatic heterocycles. The van der Waals surface area contributed by atoms with Gasteiger partial charge in [-0.15, -0.1) is 0 Å². The van der Waals surface area contributed by atoms with Gasteiger partial charge in [-0.25, -0.2) is 9.37 Å². The SMILES string of the molecule is O=C(/C=C/c1ccccc1[N+](=O)[O-])NNC(=O)c1cncn1-c1ccc(F)cc1. The van der Waals surface area contributed by atoms with E-state index in [0.717, 1.165) is 6.08 Å². The zero-order valence-electron chi connectivity index (χ0n) is 14.8. The first kappa shape index (κ1) is 19.4. The molecule has 0 fully saturated rings. The van der Waals surface area contributed by atoms with Gasteiger partial charge in [0.25, 0.3) is 17.5 Å². The van der Waals surface area contributed by atoms with Crippen LogP contribution in [0.15, 0.2) is 67.1 Å². The van der Waals surface area contributed by atoms with Crippen molar-refractivity contribution in [1.29, 1.82) is 0 Å². The Labute approximate surface area is 163 Å². The number of amides is 2. The summed E-state index contributed by atoms with van der Waals surface area (Å²) in [5.74, 6) is -1.76. The highest BCUT2D eigenvalue weighted by Crippen LogP contribution is 2.18. The minimum Gasteiger partial charge on any atom is -0.295 e. The van der Waals surface area contributed by atoms with E-state index in [2.05, 4.69) is 15.8 Å². The molecule has 0 aliphatic rings. The molecule has 9 nitrogen and oxygen atoms in total. The van der Waals surface area contributed by atoms with Crippen LogP contribution in [0, 0.1) is 15.9 Å². The van der Waals surface area contributed by atoms with Crippen LogP contribution < -0.4 is 10.9 Å². The van der Waals surface area contributed by atoms with Crippen molar-refractivity contribution in [2.24, 2.45) is 0 Å². The van der Waals surface area contributed by atoms with E-state index in [-0.39, 0.29) is 16.9 Å². The molecule has 3 rings (SSSR count). The van der Waals surface area contributed by atoms with Gasteiger partial charge in [-0.1, -0.05) is 12.1 Å². The number of nitro groups is 1. The molecule has 0 aliphatic heterocycles. The lowest BCUT2D eigenvalue weighted by Gasteiger charge is -2.09. The van der Waals surface area contributed by atoms with E-state index in [1.807, 2.05) is 0 Å². The third-order valence-corrected chi connectivity index (χ3v) is 3.82. The van der Waals surface area contributed by atoms with Gasteiger partial charge in [0.15, 0.2) is 0 Å². The van der Waals surface area contributed by atoms with Gasteiger partial charge in [0.1, 0.15) is 11.5 Å². The van der Waals surface area contributed by atoms with Gasteiger partial charge in [0.05, 0.1) is 23.0 Å². The number of nitro benzene ring substituents is 1. The van der Waals surface area contributed by atoms with Crippen molar-refractivity contribution in [2.45, 2.75) is 0 Å². The number of carbonyl (C=O) groups excluding carboxylic acids is 2. The summed E-state index contributed by atoms with van der Waals surface area (Å²) in [5, 5.41) is 11.0. The Morgan fingerprint density at radius 1 is 1.10 bits per heavy atom. The fraction of sp³-hybridized carbons (Fsp3) is 0. The van der Waals surface area contributed by atoms with Gasteiger partial charge in [0, 0.05) is 17.8 Å². The smallest absolute Gasteiger partial charge is 0.288 e. The molecule has 2 N–H and O–H groups in total. The predicted octanol–water partition coefficient (Wildman–Crippen LogP) is 2.39. The minimum atomic E-state index is -0.690. The number of carbonyl (C=O) groups is 2. The maximum Gasteiger partial charge on any atom is 0.288 e. The largest absolute Gasteiger partial charge is 0.295 e. The Morgan fingerprint density at radius 3 is 2.55 bits per heavy atom. The van der Waals surface area contributed by atoms with Crippen molar-refractivity contribution < 1.29 is 18.9 Å². The van der Waals surface area contributed by atoms with Crippen LogP contribution in [0.25, 0.3) is 11.8 Å². The minimum absolute atomic E-state index is 0.111. The number of hydrogen-bond donors (Lipinski definition) is 2. The Balaban J connectivity index is 1.65. The third kappa shape index (κ3) is 4.69. The number of hydrogen-bond acceptors (Lipinski definition) is 5. The highest BCUT2D eigenvalue weighted by atomic mass is 19.1. The fourth-order valence-corrected chi connectivity index (χ4v) is 2.45. The Kier molecular flexibility index (Phi) is 5.74. The third-order valence-electron chi connectivity index (χ3n) is 3.82. The van der Waals surface area contributed by atoms with Crippen molar-refractivity contribution in [3.05, 3.63) is 94.3 Å². The van der Waals surface area contributed by atoms with Crippen LogP contribution in [0.4, 0.5) is 10.1 Å². The van der Waals surface area contributed by atoms with E-state index in [0.29, 0.717) is 5.69 Å². The van der Waals surface area contributed by atoms with E-state index in [9.17, 15) is 24.1 Å². The number of para-hydroxylation sites is 1. The van der Waals surface area contributed by atoms with Crippen LogP contribution in [0.1, 0.15) is 16.1 Å². The molecule has 1 heterocycles. The fourth-order valence-electron chi connectivity index (χ4n) is 2.45. The van der Waals surface area contributed by atoms with Gasteiger partial charge >= 0.3 is 0 Å². The number of halogens is 1. The van der Waals surface area contributed by atoms with Gasteiger partial charge in [-0.05, 0) is 36.4 Å². The van der Waals surface area contributed by atoms with Crippen molar-refractivity contribution in [3.8, 4) is 5.69 Å². The first-order valence-electron chi connectivity index (χ1n) is 8.26. The van der Waals surface area contributed by atoms with E-state index in [1.165, 1.54) is 65.6 Å². The van der Waals surface area contributed by atoms with Crippen LogP contribution in [-0.4, -0.2) is 26.3 Å². The normalized spacial score (nSPS) is 10.7. The second-order valence-electron chi connectivity index (χ2n) is 5.72. The zero-order chi connectivity index (χ0) is 20.8. The maximum absolute atomic E-state index is 13.1. The second kappa shape index (κ2) is 8.57. The molecule has 2 aromatic carbocycles. The molecule has 0 saturated carbocycles. The number of imidazole rings is 1. The first-order valence-corrected chi connectivity index (χ1v) is 8.26. The number of rotatable bonds is 5. The first-order chi connectivity index (χ1) is 14.0. The topological polar surface area (TPSA) is 119 Å². The number of benzene rings is 2. The van der Waals surface area contributed by atoms with E-state index < -0.39 is 22.6 Å². The molecule has 3 aromatic rings. The van der Waals surface area contributed by atoms with Crippen molar-refractivity contribution in [2.75, 3.05) is 0 Å². The molecule has 0 aliphatic carbocycles. The number of nitrogens with zero attached hydrogens (tertiary/aromatic N) is 3. The Hall–Kier alpha value is -4.34. The summed E-state index contributed by atoms with van der Waals surface area (Å²) in [6.07, 6.45) is 4.98. The summed E-state index contributed by atoms with van der Waals surface area (Å²) >= 11 is 0. The van der Waals surface area contributed by atoms with E-state index in [1.54, 1.807) is 6.07 Å². The summed E-state index contributed by atoms with van der Waals surface area (Å²) in [5.41, 5.74) is 5.12. The maximum atomic E-state index is 13.1. The molecule has 0 unspecified atom stereocenters. The zero-order valence-corrected chi connectivity index (χ0v) is 14.8. The van der Waals surface area contributed by atoms with Gasteiger partial charge in [-0.2, -0.15) is 0 Å². The van der Waals surface area contributed by atoms with Crippen molar-refractivity contribution >= 4 is 23.6 Å². The molecule has 0 radical (unpaired) electrons. The average Bonchev–Trinajstić information content (AvgIpc) is 3.21. The van der Waals surface area contributed by atoms with Crippen LogP contribution >= 0.6 is 0 Å². The highest BCUT2D eigenvalue weighted by molar-refractivity contribution is 5.97. The van der Waals surface area contributed by atoms with Crippen LogP contribution in [0.3, 0.4) is 0 Å². The molecule has 0 bridgehead atoms. The average molecular weight is 395 g/mol. The second-order valence-corrected chi connectivity index (χ2v) is 5.72. The monoisotopic (exact) mass is 395 g/mol. The highest BCUT2D eigenvalue weighted by Gasteiger charge is 2.14. The quantitative estimate of drug-likeness (QED) is 0.391. The summed E-state index contributed by atoms with van der Waals surface area (Å²) in [7, 11) is 0. The van der Waals surface area contributed by atoms with Gasteiger partial charge < -0.3 is 0 Å². The molecule has 10 heteroatoms. The molecule has 29 heavy (non-hydrogen) atoms. The predicted molar refractivity (Wildman–Crippen MR) is 101 cm³/mol. The van der Waals surface area contributed by atoms with Gasteiger partial charge in [0.2, 0.25) is 0 Å². The lowest BCUT2D eigenvalue weighted by atomic mass is 10.1. The molecule has 0 saturated heterocycles. The lowest BCUT2D eigenvalue weighted by molar-refractivity contribution is -0.385. The molecule has 2 amide bonds. The van der Waals surface area contributed by atoms with Crippen LogP contribution in [0.2, 0.25) is 0 Å². The van der Waals surface area contributed by atoms with E-state index in [4.69, 9.17) is 0 Å². The van der Waals surface area contributed by atoms with Crippen molar-refractivity contribution in [1.82, 2.24) is 20.4 Å². The summed E-state index contributed by atoms with van der Waals surface area (Å²) in [4.78, 5) is 38.5. The van der Waals surface area contributed by atoms with Crippen LogP contribution in [0.5, 0.6) is 0 Å². The molecular formula is C19H14FN5O4. The summed E-state index contributed by atoms with van der Waals surface area (Å²) in [6, 6.07) is 11.4. The van der Waals surface area contributed by atoms with Crippen molar-refractivity contribution in [3.63, 3.8) is 0 Å². The number of nitrogens with one attached hydrogen (secondary N) is 2. The molecular weight excluding hydrogens is 381 g/mol. The number of hydrazine groups is 1. The molecule has 0 atom stereocenters. The Morgan fingerprint density at radius 2 is 1.83 bits per heavy atom.